The van der Waals surface area contributed by atoms with Crippen LogP contribution >= 0.6 is 0 Å². The molecule has 1 heterocycles. The Hall–Kier alpha value is -4.74. The molecule has 8 heteroatoms. The summed E-state index contributed by atoms with van der Waals surface area (Å²) >= 11 is 0. The first-order chi connectivity index (χ1) is 14.0. The van der Waals surface area contributed by atoms with E-state index in [0.717, 1.165) is 0 Å². The van der Waals surface area contributed by atoms with Gasteiger partial charge in [0, 0.05) is 11.9 Å². The van der Waals surface area contributed by atoms with Crippen LogP contribution in [0.25, 0.3) is 5.69 Å². The van der Waals surface area contributed by atoms with Crippen molar-refractivity contribution in [3.63, 3.8) is 0 Å². The average Bonchev–Trinajstić information content (AvgIpc) is 3.09. The molecule has 0 bridgehead atoms. The molecule has 2 aromatic carbocycles. The topological polar surface area (TPSA) is 138 Å². The van der Waals surface area contributed by atoms with Gasteiger partial charge in [-0.3, -0.25) is 0 Å². The molecule has 3 rings (SSSR count). The number of methoxy groups -OCH3 is 1. The average molecular weight is 383 g/mol. The summed E-state index contributed by atoms with van der Waals surface area (Å²) in [5, 5.41) is 27.3. The van der Waals surface area contributed by atoms with Gasteiger partial charge in [0.15, 0.2) is 5.69 Å². The Bertz CT molecular complexity index is 1220. The molecule has 0 radical (unpaired) electrons. The molecule has 0 unspecified atom stereocenters. The third-order valence-corrected chi connectivity index (χ3v) is 4.13. The van der Waals surface area contributed by atoms with Gasteiger partial charge in [0.2, 0.25) is 0 Å². The van der Waals surface area contributed by atoms with Gasteiger partial charge in [-0.05, 0) is 42.5 Å². The van der Waals surface area contributed by atoms with E-state index in [2.05, 4.69) is 0 Å². The van der Waals surface area contributed by atoms with Crippen molar-refractivity contribution in [2.24, 2.45) is 0 Å². The number of hydrogen-bond donors (Lipinski definition) is 1. The van der Waals surface area contributed by atoms with E-state index in [4.69, 9.17) is 25.7 Å². The van der Waals surface area contributed by atoms with Crippen LogP contribution in [0.15, 0.2) is 48.7 Å². The molecular weight excluding hydrogens is 370 g/mol. The van der Waals surface area contributed by atoms with Crippen molar-refractivity contribution < 1.29 is 14.3 Å². The van der Waals surface area contributed by atoms with Crippen molar-refractivity contribution in [2.75, 3.05) is 12.8 Å². The first-order valence-corrected chi connectivity index (χ1v) is 8.24. The van der Waals surface area contributed by atoms with Crippen molar-refractivity contribution in [1.82, 2.24) is 4.57 Å². The highest BCUT2D eigenvalue weighted by Crippen LogP contribution is 2.28. The molecule has 140 valence electrons. The van der Waals surface area contributed by atoms with E-state index in [0.29, 0.717) is 17.2 Å². The van der Waals surface area contributed by atoms with Gasteiger partial charge in [0.1, 0.15) is 29.7 Å². The molecule has 0 saturated heterocycles. The number of aromatic nitrogens is 1. The Kier molecular flexibility index (Phi) is 5.17. The van der Waals surface area contributed by atoms with E-state index >= 15 is 0 Å². The number of carbonyl (C=O) groups excluding carboxylic acids is 1. The predicted octanol–water partition coefficient (Wildman–Crippen LogP) is 3.25. The number of rotatable bonds is 4. The standard InChI is InChI=1S/C21H13N5O3/c1-28-21(27)20-19(25)15(11-24)12-26(20)16-3-6-17(7-4-16)29-18-5-2-13(9-22)14(8-18)10-23/h2-8,12H,25H2,1H3. The van der Waals surface area contributed by atoms with Crippen LogP contribution in [0.2, 0.25) is 0 Å². The van der Waals surface area contributed by atoms with Gasteiger partial charge >= 0.3 is 5.97 Å². The predicted molar refractivity (Wildman–Crippen MR) is 102 cm³/mol. The number of esters is 1. The molecule has 0 fully saturated rings. The zero-order valence-electron chi connectivity index (χ0n) is 15.2. The Morgan fingerprint density at radius 2 is 1.55 bits per heavy atom. The van der Waals surface area contributed by atoms with Gasteiger partial charge in [0.05, 0.1) is 29.5 Å². The molecular formula is C21H13N5O3. The maximum Gasteiger partial charge on any atom is 0.357 e. The second kappa shape index (κ2) is 7.87. The monoisotopic (exact) mass is 383 g/mol. The minimum absolute atomic E-state index is 0.0429. The van der Waals surface area contributed by atoms with E-state index in [9.17, 15) is 10.1 Å². The maximum absolute atomic E-state index is 12.1. The Morgan fingerprint density at radius 3 is 2.14 bits per heavy atom. The summed E-state index contributed by atoms with van der Waals surface area (Å²) in [6, 6.07) is 17.1. The summed E-state index contributed by atoms with van der Waals surface area (Å²) in [5.41, 5.74) is 7.21. The lowest BCUT2D eigenvalue weighted by molar-refractivity contribution is 0.0593. The third-order valence-electron chi connectivity index (χ3n) is 4.13. The molecule has 8 nitrogen and oxygen atoms in total. The maximum atomic E-state index is 12.1. The van der Waals surface area contributed by atoms with Crippen LogP contribution in [-0.4, -0.2) is 17.6 Å². The lowest BCUT2D eigenvalue weighted by Crippen LogP contribution is -2.11. The molecule has 1 aromatic heterocycles. The van der Waals surface area contributed by atoms with Gasteiger partial charge in [-0.15, -0.1) is 0 Å². The van der Waals surface area contributed by atoms with Crippen molar-refractivity contribution in [2.45, 2.75) is 0 Å². The zero-order chi connectivity index (χ0) is 21.0. The van der Waals surface area contributed by atoms with Crippen molar-refractivity contribution >= 4 is 11.7 Å². The van der Waals surface area contributed by atoms with Gasteiger partial charge in [-0.25, -0.2) is 4.79 Å². The number of benzene rings is 2. The highest BCUT2D eigenvalue weighted by Gasteiger charge is 2.21. The van der Waals surface area contributed by atoms with Crippen LogP contribution in [0.1, 0.15) is 27.2 Å². The fourth-order valence-corrected chi connectivity index (χ4v) is 2.71. The number of nitrogens with two attached hydrogens (primary N) is 1. The third kappa shape index (κ3) is 3.57. The van der Waals surface area contributed by atoms with Crippen LogP contribution in [0.4, 0.5) is 5.69 Å². The van der Waals surface area contributed by atoms with Crippen LogP contribution in [0, 0.1) is 34.0 Å². The highest BCUT2D eigenvalue weighted by molar-refractivity contribution is 5.95. The minimum atomic E-state index is -0.661. The summed E-state index contributed by atoms with van der Waals surface area (Å²) in [7, 11) is 1.23. The molecule has 0 amide bonds. The van der Waals surface area contributed by atoms with E-state index in [1.807, 2.05) is 18.2 Å². The van der Waals surface area contributed by atoms with E-state index < -0.39 is 5.97 Å². The molecule has 2 N–H and O–H groups in total. The van der Waals surface area contributed by atoms with Gasteiger partial charge < -0.3 is 19.8 Å². The van der Waals surface area contributed by atoms with Gasteiger partial charge in [-0.1, -0.05) is 0 Å². The number of nitriles is 3. The second-order valence-electron chi connectivity index (χ2n) is 5.81. The van der Waals surface area contributed by atoms with Crippen LogP contribution in [0.5, 0.6) is 11.5 Å². The number of ether oxygens (including phenoxy) is 2. The number of anilines is 1. The molecule has 0 aliphatic carbocycles. The summed E-state index contributed by atoms with van der Waals surface area (Å²) in [4.78, 5) is 12.1. The molecule has 0 saturated carbocycles. The normalized spacial score (nSPS) is 9.72. The Balaban J connectivity index is 1.93. The minimum Gasteiger partial charge on any atom is -0.464 e. The quantitative estimate of drug-likeness (QED) is 0.682. The van der Waals surface area contributed by atoms with Crippen LogP contribution in [0.3, 0.4) is 0 Å². The van der Waals surface area contributed by atoms with Crippen LogP contribution < -0.4 is 10.5 Å². The van der Waals surface area contributed by atoms with Crippen LogP contribution in [-0.2, 0) is 4.74 Å². The zero-order valence-corrected chi connectivity index (χ0v) is 15.2. The second-order valence-corrected chi connectivity index (χ2v) is 5.81. The lowest BCUT2D eigenvalue weighted by Gasteiger charge is -2.10. The van der Waals surface area contributed by atoms with Crippen molar-refractivity contribution in [1.29, 1.82) is 15.8 Å². The van der Waals surface area contributed by atoms with Crippen molar-refractivity contribution in [3.05, 3.63) is 71.0 Å². The van der Waals surface area contributed by atoms with E-state index in [1.165, 1.54) is 30.0 Å². The van der Waals surface area contributed by atoms with Crippen molar-refractivity contribution in [3.8, 4) is 35.4 Å². The number of carbonyl (C=O) groups is 1. The summed E-state index contributed by atoms with van der Waals surface area (Å²) in [6.07, 6.45) is 1.46. The first-order valence-electron chi connectivity index (χ1n) is 8.24. The highest BCUT2D eigenvalue weighted by atomic mass is 16.5. The fourth-order valence-electron chi connectivity index (χ4n) is 2.71. The Morgan fingerprint density at radius 1 is 0.931 bits per heavy atom. The molecule has 0 atom stereocenters. The Labute approximate surface area is 166 Å². The molecule has 0 aliphatic heterocycles. The SMILES string of the molecule is COC(=O)c1c(N)c(C#N)cn1-c1ccc(Oc2ccc(C#N)c(C#N)c2)cc1. The molecule has 3 aromatic rings. The van der Waals surface area contributed by atoms with Gasteiger partial charge in [0.25, 0.3) is 0 Å². The van der Waals surface area contributed by atoms with E-state index in [-0.39, 0.29) is 28.1 Å². The molecule has 29 heavy (non-hydrogen) atoms. The fraction of sp³-hybridized carbons (Fsp3) is 0.0476. The smallest absolute Gasteiger partial charge is 0.357 e. The lowest BCUT2D eigenvalue weighted by atomic mass is 10.1. The van der Waals surface area contributed by atoms with Gasteiger partial charge in [-0.2, -0.15) is 15.8 Å². The summed E-state index contributed by atoms with van der Waals surface area (Å²) in [6.45, 7) is 0. The number of nitrogens with zero attached hydrogens (tertiary/aromatic N) is 4. The number of nitrogen functional groups attached to an aromatic ring is 1. The largest absolute Gasteiger partial charge is 0.464 e. The van der Waals surface area contributed by atoms with E-state index in [1.54, 1.807) is 30.3 Å². The molecule has 0 spiro atoms. The first kappa shape index (κ1) is 19.0. The number of hydrogen-bond acceptors (Lipinski definition) is 7. The molecule has 0 aliphatic rings. The summed E-state index contributed by atoms with van der Waals surface area (Å²) < 4.78 is 12.0. The summed E-state index contributed by atoms with van der Waals surface area (Å²) in [5.74, 6) is 0.217.